The fraction of sp³-hybridized carbons (Fsp3) is 0.125. The van der Waals surface area contributed by atoms with E-state index >= 15 is 0 Å². The highest BCUT2D eigenvalue weighted by molar-refractivity contribution is 6.30. The van der Waals surface area contributed by atoms with Gasteiger partial charge in [-0.05, 0) is 29.8 Å². The Hall–Kier alpha value is -2.53. The molecule has 2 amide bonds. The fourth-order valence-corrected chi connectivity index (χ4v) is 1.79. The van der Waals surface area contributed by atoms with E-state index in [4.69, 9.17) is 16.3 Å². The highest BCUT2D eigenvalue weighted by Crippen LogP contribution is 2.12. The molecule has 0 saturated carbocycles. The van der Waals surface area contributed by atoms with E-state index in [9.17, 15) is 9.59 Å². The molecule has 2 aromatic rings. The van der Waals surface area contributed by atoms with Crippen LogP contribution in [0.15, 0.2) is 54.6 Å². The first-order chi connectivity index (χ1) is 10.6. The number of benzene rings is 2. The van der Waals surface area contributed by atoms with Crippen molar-refractivity contribution in [3.63, 3.8) is 0 Å². The van der Waals surface area contributed by atoms with Crippen molar-refractivity contribution >= 4 is 29.3 Å². The summed E-state index contributed by atoms with van der Waals surface area (Å²) >= 11 is 5.75. The number of anilines is 1. The minimum atomic E-state index is -0.643. The Labute approximate surface area is 133 Å². The number of amides is 2. The predicted octanol–water partition coefficient (Wildman–Crippen LogP) is 3.20. The Morgan fingerprint density at radius 1 is 1.00 bits per heavy atom. The Balaban J connectivity index is 1.69. The summed E-state index contributed by atoms with van der Waals surface area (Å²) in [6.45, 7) is -0.0122. The zero-order valence-corrected chi connectivity index (χ0v) is 12.5. The second-order valence-corrected chi connectivity index (χ2v) is 4.91. The summed E-state index contributed by atoms with van der Waals surface area (Å²) < 4.78 is 5.00. The maximum absolute atomic E-state index is 11.7. The predicted molar refractivity (Wildman–Crippen MR) is 84.7 cm³/mol. The van der Waals surface area contributed by atoms with Gasteiger partial charge in [0.05, 0.1) is 0 Å². The van der Waals surface area contributed by atoms with E-state index in [2.05, 4.69) is 10.6 Å². The zero-order valence-electron chi connectivity index (χ0n) is 11.7. The first-order valence-electron chi connectivity index (χ1n) is 6.63. The molecule has 0 heterocycles. The molecule has 2 rings (SSSR count). The summed E-state index contributed by atoms with van der Waals surface area (Å²) in [5.41, 5.74) is 1.48. The van der Waals surface area contributed by atoms with Crippen LogP contribution in [0.4, 0.5) is 10.5 Å². The molecule has 0 bridgehead atoms. The Morgan fingerprint density at radius 2 is 1.68 bits per heavy atom. The molecule has 2 aromatic carbocycles. The minimum absolute atomic E-state index is 0.158. The minimum Gasteiger partial charge on any atom is -0.445 e. The third-order valence-corrected chi connectivity index (χ3v) is 2.99. The lowest BCUT2D eigenvalue weighted by molar-refractivity contribution is -0.115. The Kier molecular flexibility index (Phi) is 5.80. The molecule has 5 nitrogen and oxygen atoms in total. The van der Waals surface area contributed by atoms with Gasteiger partial charge in [-0.2, -0.15) is 0 Å². The van der Waals surface area contributed by atoms with Crippen molar-refractivity contribution in [2.24, 2.45) is 0 Å². The van der Waals surface area contributed by atoms with Crippen LogP contribution < -0.4 is 10.6 Å². The molecule has 2 N–H and O–H groups in total. The van der Waals surface area contributed by atoms with Crippen LogP contribution in [-0.2, 0) is 16.1 Å². The summed E-state index contributed by atoms with van der Waals surface area (Å²) in [7, 11) is 0. The highest BCUT2D eigenvalue weighted by atomic mass is 35.5. The van der Waals surface area contributed by atoms with Gasteiger partial charge in [0.2, 0.25) is 5.91 Å². The lowest BCUT2D eigenvalue weighted by Gasteiger charge is -2.08. The summed E-state index contributed by atoms with van der Waals surface area (Å²) in [5, 5.41) is 5.60. The third-order valence-electron chi connectivity index (χ3n) is 2.73. The van der Waals surface area contributed by atoms with Crippen LogP contribution in [0.2, 0.25) is 5.02 Å². The molecule has 0 unspecified atom stereocenters. The molecule has 0 saturated heterocycles. The van der Waals surface area contributed by atoms with E-state index in [0.717, 1.165) is 5.56 Å². The molecule has 0 aliphatic rings. The number of ether oxygens (including phenoxy) is 1. The summed E-state index contributed by atoms with van der Waals surface area (Å²) in [6, 6.07) is 16.0. The SMILES string of the molecule is O=C(CNC(=O)OCc1ccccc1)Nc1ccc(Cl)cc1. The molecule has 0 spiro atoms. The van der Waals surface area contributed by atoms with Gasteiger partial charge in [0.1, 0.15) is 13.2 Å². The average molecular weight is 319 g/mol. The second kappa shape index (κ2) is 8.05. The third kappa shape index (κ3) is 5.46. The second-order valence-electron chi connectivity index (χ2n) is 4.47. The number of alkyl carbamates (subject to hydrolysis) is 1. The van der Waals surface area contributed by atoms with E-state index in [-0.39, 0.29) is 19.1 Å². The van der Waals surface area contributed by atoms with Gasteiger partial charge >= 0.3 is 6.09 Å². The van der Waals surface area contributed by atoms with E-state index in [1.807, 2.05) is 30.3 Å². The van der Waals surface area contributed by atoms with Crippen molar-refractivity contribution < 1.29 is 14.3 Å². The first-order valence-corrected chi connectivity index (χ1v) is 7.01. The molecule has 0 radical (unpaired) electrons. The van der Waals surface area contributed by atoms with Crippen molar-refractivity contribution in [1.29, 1.82) is 0 Å². The van der Waals surface area contributed by atoms with Gasteiger partial charge in [0, 0.05) is 10.7 Å². The largest absolute Gasteiger partial charge is 0.445 e. The summed E-state index contributed by atoms with van der Waals surface area (Å²) in [5.74, 6) is -0.348. The highest BCUT2D eigenvalue weighted by Gasteiger charge is 2.07. The molecule has 0 aliphatic heterocycles. The van der Waals surface area contributed by atoms with Gasteiger partial charge in [0.15, 0.2) is 0 Å². The smallest absolute Gasteiger partial charge is 0.407 e. The molecular formula is C16H15ClN2O3. The molecule has 0 aromatic heterocycles. The number of hydrogen-bond donors (Lipinski definition) is 2. The Bertz CT molecular complexity index is 630. The zero-order chi connectivity index (χ0) is 15.8. The molecular weight excluding hydrogens is 304 g/mol. The van der Waals surface area contributed by atoms with Gasteiger partial charge in [-0.25, -0.2) is 4.79 Å². The van der Waals surface area contributed by atoms with Crippen LogP contribution in [0.5, 0.6) is 0 Å². The number of carbonyl (C=O) groups is 2. The van der Waals surface area contributed by atoms with Crippen LogP contribution in [0.1, 0.15) is 5.56 Å². The standard InChI is InChI=1S/C16H15ClN2O3/c17-13-6-8-14(9-7-13)19-15(20)10-18-16(21)22-11-12-4-2-1-3-5-12/h1-9H,10-11H2,(H,18,21)(H,19,20). The van der Waals surface area contributed by atoms with Crippen LogP contribution in [0, 0.1) is 0 Å². The summed E-state index contributed by atoms with van der Waals surface area (Å²) in [4.78, 5) is 23.1. The Morgan fingerprint density at radius 3 is 2.36 bits per heavy atom. The number of carbonyl (C=O) groups excluding carboxylic acids is 2. The van der Waals surface area contributed by atoms with Crippen molar-refractivity contribution in [3.05, 3.63) is 65.2 Å². The first kappa shape index (κ1) is 15.9. The van der Waals surface area contributed by atoms with Crippen molar-refractivity contribution in [3.8, 4) is 0 Å². The maximum atomic E-state index is 11.7. The molecule has 6 heteroatoms. The van der Waals surface area contributed by atoms with Gasteiger partial charge in [-0.1, -0.05) is 41.9 Å². The lowest BCUT2D eigenvalue weighted by atomic mass is 10.2. The van der Waals surface area contributed by atoms with Crippen LogP contribution in [-0.4, -0.2) is 18.5 Å². The monoisotopic (exact) mass is 318 g/mol. The topological polar surface area (TPSA) is 67.4 Å². The van der Waals surface area contributed by atoms with Crippen molar-refractivity contribution in [2.45, 2.75) is 6.61 Å². The fourth-order valence-electron chi connectivity index (χ4n) is 1.66. The van der Waals surface area contributed by atoms with Crippen molar-refractivity contribution in [1.82, 2.24) is 5.32 Å². The molecule has 22 heavy (non-hydrogen) atoms. The van der Waals surface area contributed by atoms with E-state index in [1.54, 1.807) is 24.3 Å². The van der Waals surface area contributed by atoms with Gasteiger partial charge in [-0.15, -0.1) is 0 Å². The van der Waals surface area contributed by atoms with Crippen LogP contribution in [0.3, 0.4) is 0 Å². The van der Waals surface area contributed by atoms with Gasteiger partial charge in [0.25, 0.3) is 0 Å². The number of nitrogens with one attached hydrogen (secondary N) is 2. The number of halogens is 1. The molecule has 114 valence electrons. The lowest BCUT2D eigenvalue weighted by Crippen LogP contribution is -2.33. The van der Waals surface area contributed by atoms with E-state index in [1.165, 1.54) is 0 Å². The average Bonchev–Trinajstić information content (AvgIpc) is 2.54. The van der Waals surface area contributed by atoms with E-state index in [0.29, 0.717) is 10.7 Å². The number of hydrogen-bond acceptors (Lipinski definition) is 3. The molecule has 0 atom stereocenters. The number of rotatable bonds is 5. The molecule has 0 fully saturated rings. The van der Waals surface area contributed by atoms with Gasteiger partial charge < -0.3 is 15.4 Å². The van der Waals surface area contributed by atoms with E-state index < -0.39 is 6.09 Å². The molecule has 0 aliphatic carbocycles. The van der Waals surface area contributed by atoms with Crippen LogP contribution in [0.25, 0.3) is 0 Å². The summed E-state index contributed by atoms with van der Waals surface area (Å²) in [6.07, 6.45) is -0.643. The quantitative estimate of drug-likeness (QED) is 0.889. The maximum Gasteiger partial charge on any atom is 0.407 e. The normalized spacial score (nSPS) is 9.86. The van der Waals surface area contributed by atoms with Gasteiger partial charge in [-0.3, -0.25) is 4.79 Å². The van der Waals surface area contributed by atoms with Crippen LogP contribution >= 0.6 is 11.6 Å². The van der Waals surface area contributed by atoms with Crippen molar-refractivity contribution in [2.75, 3.05) is 11.9 Å².